The third-order valence-electron chi connectivity index (χ3n) is 4.19. The van der Waals surface area contributed by atoms with Crippen LogP contribution in [0.3, 0.4) is 0 Å². The molecule has 2 aromatic carbocycles. The first-order valence-corrected chi connectivity index (χ1v) is 9.21. The minimum atomic E-state index is -1.02. The zero-order valence-corrected chi connectivity index (χ0v) is 16.9. The van der Waals surface area contributed by atoms with E-state index in [9.17, 15) is 9.59 Å². The molecule has 6 nitrogen and oxygen atoms in total. The molecule has 2 aromatic rings. The lowest BCUT2D eigenvalue weighted by Gasteiger charge is -2.15. The van der Waals surface area contributed by atoms with Gasteiger partial charge in [-0.3, -0.25) is 9.78 Å². The highest BCUT2D eigenvalue weighted by Crippen LogP contribution is 2.16. The lowest BCUT2D eigenvalue weighted by Crippen LogP contribution is -2.22. The van der Waals surface area contributed by atoms with Crippen molar-refractivity contribution in [1.29, 1.82) is 0 Å². The molecule has 0 bridgehead atoms. The first-order valence-electron chi connectivity index (χ1n) is 9.21. The van der Waals surface area contributed by atoms with Gasteiger partial charge in [0.25, 0.3) is 0 Å². The summed E-state index contributed by atoms with van der Waals surface area (Å²) < 4.78 is 0. The van der Waals surface area contributed by atoms with Crippen LogP contribution in [0.2, 0.25) is 0 Å². The van der Waals surface area contributed by atoms with Gasteiger partial charge in [0.1, 0.15) is 0 Å². The highest BCUT2D eigenvalue weighted by Gasteiger charge is 2.20. The topological polar surface area (TPSA) is 71.1 Å². The summed E-state index contributed by atoms with van der Waals surface area (Å²) in [6.45, 7) is 9.41. The van der Waals surface area contributed by atoms with E-state index in [1.165, 1.54) is 0 Å². The molecule has 0 atom stereocenters. The number of rotatable bonds is 8. The normalized spacial score (nSPS) is 10.8. The molecule has 0 saturated heterocycles. The Labute approximate surface area is 165 Å². The van der Waals surface area contributed by atoms with Crippen molar-refractivity contribution in [2.75, 3.05) is 0 Å². The van der Waals surface area contributed by atoms with E-state index in [0.717, 1.165) is 22.3 Å². The summed E-state index contributed by atoms with van der Waals surface area (Å²) in [6, 6.07) is 10.7. The number of carbonyl (C=O) groups is 2. The second-order valence-corrected chi connectivity index (χ2v) is 6.79. The van der Waals surface area contributed by atoms with E-state index in [1.807, 2.05) is 58.9 Å². The number of benzene rings is 2. The Balaban J connectivity index is 1.93. The average molecular weight is 386 g/mol. The van der Waals surface area contributed by atoms with E-state index in [-0.39, 0.29) is 0 Å². The Hall–Kier alpha value is -2.70. The lowest BCUT2D eigenvalue weighted by molar-refractivity contribution is -0.421. The van der Waals surface area contributed by atoms with Crippen molar-refractivity contribution in [3.05, 3.63) is 69.8 Å². The number of hydrogen-bond acceptors (Lipinski definition) is 6. The van der Waals surface area contributed by atoms with Gasteiger partial charge in [-0.2, -0.15) is 0 Å². The van der Waals surface area contributed by atoms with Crippen LogP contribution >= 0.6 is 0 Å². The van der Waals surface area contributed by atoms with Crippen LogP contribution in [0.1, 0.15) is 62.7 Å². The molecule has 0 fully saturated rings. The molecule has 0 amide bonds. The largest absolute Gasteiger partial charge is 0.373 e. The Morgan fingerprint density at radius 1 is 0.786 bits per heavy atom. The molecule has 28 heavy (non-hydrogen) atoms. The summed E-state index contributed by atoms with van der Waals surface area (Å²) in [4.78, 5) is 44.3. The van der Waals surface area contributed by atoms with E-state index >= 15 is 0 Å². The van der Waals surface area contributed by atoms with Gasteiger partial charge in [0.05, 0.1) is 11.1 Å². The highest BCUT2D eigenvalue weighted by molar-refractivity contribution is 5.91. The van der Waals surface area contributed by atoms with E-state index in [0.29, 0.717) is 24.0 Å². The Kier molecular flexibility index (Phi) is 7.72. The van der Waals surface area contributed by atoms with Gasteiger partial charge in [-0.25, -0.2) is 9.59 Å². The van der Waals surface area contributed by atoms with Gasteiger partial charge in [0, 0.05) is 6.42 Å². The van der Waals surface area contributed by atoms with E-state index < -0.39 is 18.2 Å². The van der Waals surface area contributed by atoms with Gasteiger partial charge in [0.2, 0.25) is 6.29 Å². The Bertz CT molecular complexity index is 775. The summed E-state index contributed by atoms with van der Waals surface area (Å²) in [7, 11) is 0. The second kappa shape index (κ2) is 10.0. The highest BCUT2D eigenvalue weighted by atomic mass is 17.3. The first-order chi connectivity index (χ1) is 13.3. The molecule has 0 N–H and O–H groups in total. The van der Waals surface area contributed by atoms with Crippen LogP contribution < -0.4 is 0 Å². The van der Waals surface area contributed by atoms with Crippen molar-refractivity contribution in [1.82, 2.24) is 0 Å². The molecule has 150 valence electrons. The fraction of sp³-hybridized carbons (Fsp3) is 0.364. The van der Waals surface area contributed by atoms with Crippen molar-refractivity contribution in [3.63, 3.8) is 0 Å². The standard InChI is InChI=1S/C22H26O6/c1-6-7-20(25-27-21(23)18-10-8-14(2)12-16(18)4)26-28-22(24)19-11-9-15(3)13-17(19)5/h8-13,20H,6-7H2,1-5H3. The fourth-order valence-corrected chi connectivity index (χ4v) is 2.72. The SMILES string of the molecule is CCCC(OOC(=O)c1ccc(C)cc1C)OOC(=O)c1ccc(C)cc1C. The van der Waals surface area contributed by atoms with Gasteiger partial charge in [-0.05, 0) is 51.0 Å². The van der Waals surface area contributed by atoms with Gasteiger partial charge in [-0.15, -0.1) is 9.78 Å². The van der Waals surface area contributed by atoms with Gasteiger partial charge >= 0.3 is 11.9 Å². The van der Waals surface area contributed by atoms with Crippen LogP contribution in [-0.4, -0.2) is 18.2 Å². The van der Waals surface area contributed by atoms with Crippen molar-refractivity contribution in [3.8, 4) is 0 Å². The van der Waals surface area contributed by atoms with Crippen LogP contribution in [0.4, 0.5) is 0 Å². The molecule has 0 heterocycles. The monoisotopic (exact) mass is 386 g/mol. The zero-order valence-electron chi connectivity index (χ0n) is 16.9. The lowest BCUT2D eigenvalue weighted by atomic mass is 10.1. The predicted octanol–water partition coefficient (Wildman–Crippen LogP) is 4.92. The quantitative estimate of drug-likeness (QED) is 0.364. The van der Waals surface area contributed by atoms with Crippen LogP contribution in [-0.2, 0) is 19.6 Å². The maximum Gasteiger partial charge on any atom is 0.373 e. The number of aryl methyl sites for hydroxylation is 4. The molecule has 0 saturated carbocycles. The Morgan fingerprint density at radius 3 is 1.57 bits per heavy atom. The van der Waals surface area contributed by atoms with Crippen LogP contribution in [0, 0.1) is 27.7 Å². The molecular formula is C22H26O6. The maximum absolute atomic E-state index is 12.2. The summed E-state index contributed by atoms with van der Waals surface area (Å²) in [5, 5.41) is 0. The molecule has 0 unspecified atom stereocenters. The van der Waals surface area contributed by atoms with Gasteiger partial charge in [-0.1, -0.05) is 48.7 Å². The number of hydrogen-bond donors (Lipinski definition) is 0. The predicted molar refractivity (Wildman–Crippen MR) is 104 cm³/mol. The van der Waals surface area contributed by atoms with Crippen LogP contribution in [0.25, 0.3) is 0 Å². The number of carbonyl (C=O) groups excluding carboxylic acids is 2. The molecule has 0 aliphatic rings. The summed E-state index contributed by atoms with van der Waals surface area (Å²) >= 11 is 0. The molecule has 6 heteroatoms. The third kappa shape index (κ3) is 5.90. The van der Waals surface area contributed by atoms with Crippen molar-refractivity contribution in [2.45, 2.75) is 53.8 Å². The minimum absolute atomic E-state index is 0.375. The van der Waals surface area contributed by atoms with Gasteiger partial charge < -0.3 is 0 Å². The molecule has 0 aliphatic heterocycles. The summed E-state index contributed by atoms with van der Waals surface area (Å²) in [5.74, 6) is -1.27. The summed E-state index contributed by atoms with van der Waals surface area (Å²) in [5.41, 5.74) is 4.44. The molecule has 0 aromatic heterocycles. The Morgan fingerprint density at radius 2 is 1.21 bits per heavy atom. The minimum Gasteiger partial charge on any atom is -0.290 e. The first kappa shape index (κ1) is 21.6. The molecule has 0 radical (unpaired) electrons. The second-order valence-electron chi connectivity index (χ2n) is 6.79. The average Bonchev–Trinajstić information content (AvgIpc) is 2.63. The molecule has 0 spiro atoms. The molecule has 2 rings (SSSR count). The van der Waals surface area contributed by atoms with E-state index in [2.05, 4.69) is 0 Å². The third-order valence-corrected chi connectivity index (χ3v) is 4.19. The summed E-state index contributed by atoms with van der Waals surface area (Å²) in [6.07, 6.45) is 0.0298. The van der Waals surface area contributed by atoms with Crippen molar-refractivity contribution < 1.29 is 29.1 Å². The zero-order chi connectivity index (χ0) is 20.7. The van der Waals surface area contributed by atoms with E-state index in [1.54, 1.807) is 12.1 Å². The molecule has 0 aliphatic carbocycles. The maximum atomic E-state index is 12.2. The van der Waals surface area contributed by atoms with Crippen LogP contribution in [0.15, 0.2) is 36.4 Å². The molecular weight excluding hydrogens is 360 g/mol. The smallest absolute Gasteiger partial charge is 0.290 e. The van der Waals surface area contributed by atoms with Crippen LogP contribution in [0.5, 0.6) is 0 Å². The van der Waals surface area contributed by atoms with Crippen molar-refractivity contribution >= 4 is 11.9 Å². The van der Waals surface area contributed by atoms with Crippen molar-refractivity contribution in [2.24, 2.45) is 0 Å². The fourth-order valence-electron chi connectivity index (χ4n) is 2.72. The van der Waals surface area contributed by atoms with Gasteiger partial charge in [0.15, 0.2) is 0 Å². The van der Waals surface area contributed by atoms with E-state index in [4.69, 9.17) is 19.6 Å².